The van der Waals surface area contributed by atoms with Gasteiger partial charge in [-0.3, -0.25) is 9.59 Å². The minimum atomic E-state index is -0.582. The predicted octanol–water partition coefficient (Wildman–Crippen LogP) is 3.67. The molecule has 0 aromatic heterocycles. The highest BCUT2D eigenvalue weighted by Crippen LogP contribution is 2.14. The third-order valence-electron chi connectivity index (χ3n) is 3.88. The molecule has 2 aromatic carbocycles. The fourth-order valence-electron chi connectivity index (χ4n) is 2.27. The number of carbonyl (C=O) groups is 2. The van der Waals surface area contributed by atoms with Gasteiger partial charge in [0.15, 0.2) is 6.10 Å². The molecule has 0 fully saturated rings. The Bertz CT molecular complexity index is 754. The molecule has 2 aromatic rings. The van der Waals surface area contributed by atoms with Crippen LogP contribution in [0.3, 0.4) is 0 Å². The van der Waals surface area contributed by atoms with Gasteiger partial charge in [0.2, 0.25) is 5.91 Å². The molecule has 2 N–H and O–H groups in total. The summed E-state index contributed by atoms with van der Waals surface area (Å²) in [5, 5.41) is 5.70. The number of benzene rings is 2. The monoisotopic (exact) mass is 354 g/mol. The van der Waals surface area contributed by atoms with Crippen molar-refractivity contribution in [2.24, 2.45) is 5.92 Å². The first kappa shape index (κ1) is 19.5. The fraction of sp³-hybridized carbons (Fsp3) is 0.333. The second kappa shape index (κ2) is 9.04. The summed E-state index contributed by atoms with van der Waals surface area (Å²) in [6.45, 7) is 7.80. The Kier molecular flexibility index (Phi) is 6.78. The average Bonchev–Trinajstić information content (AvgIpc) is 2.60. The molecule has 138 valence electrons. The lowest BCUT2D eigenvalue weighted by Gasteiger charge is -2.15. The van der Waals surface area contributed by atoms with Crippen LogP contribution in [-0.4, -0.2) is 17.9 Å². The van der Waals surface area contributed by atoms with Crippen LogP contribution in [0.5, 0.6) is 5.75 Å². The van der Waals surface area contributed by atoms with Crippen molar-refractivity contribution >= 4 is 17.5 Å². The maximum atomic E-state index is 12.2. The van der Waals surface area contributed by atoms with Crippen molar-refractivity contribution in [1.29, 1.82) is 0 Å². The van der Waals surface area contributed by atoms with Crippen LogP contribution >= 0.6 is 0 Å². The Labute approximate surface area is 154 Å². The van der Waals surface area contributed by atoms with Crippen LogP contribution in [0.25, 0.3) is 0 Å². The van der Waals surface area contributed by atoms with Gasteiger partial charge in [0.25, 0.3) is 5.91 Å². The highest BCUT2D eigenvalue weighted by molar-refractivity contribution is 5.92. The number of aryl methyl sites for hydroxylation is 1. The van der Waals surface area contributed by atoms with Gasteiger partial charge in [-0.05, 0) is 49.2 Å². The quantitative estimate of drug-likeness (QED) is 0.797. The first-order chi connectivity index (χ1) is 12.3. The average molecular weight is 354 g/mol. The Morgan fingerprint density at radius 3 is 2.31 bits per heavy atom. The van der Waals surface area contributed by atoms with Gasteiger partial charge in [0.1, 0.15) is 5.75 Å². The molecule has 0 aliphatic heterocycles. The number of hydrogen-bond acceptors (Lipinski definition) is 3. The smallest absolute Gasteiger partial charge is 0.261 e. The Morgan fingerprint density at radius 2 is 1.69 bits per heavy atom. The van der Waals surface area contributed by atoms with Gasteiger partial charge in [-0.25, -0.2) is 0 Å². The van der Waals surface area contributed by atoms with Crippen LogP contribution in [0, 0.1) is 12.8 Å². The second-order valence-corrected chi connectivity index (χ2v) is 6.64. The van der Waals surface area contributed by atoms with Gasteiger partial charge >= 0.3 is 0 Å². The Morgan fingerprint density at radius 1 is 1.00 bits per heavy atom. The minimum absolute atomic E-state index is 0.0202. The van der Waals surface area contributed by atoms with E-state index >= 15 is 0 Å². The van der Waals surface area contributed by atoms with Crippen LogP contribution in [-0.2, 0) is 16.1 Å². The summed E-state index contributed by atoms with van der Waals surface area (Å²) in [5.74, 6) is 0.415. The van der Waals surface area contributed by atoms with Crippen molar-refractivity contribution in [3.63, 3.8) is 0 Å². The van der Waals surface area contributed by atoms with Gasteiger partial charge in [-0.2, -0.15) is 0 Å². The zero-order chi connectivity index (χ0) is 19.1. The van der Waals surface area contributed by atoms with Gasteiger partial charge < -0.3 is 15.4 Å². The molecule has 0 saturated heterocycles. The van der Waals surface area contributed by atoms with E-state index in [2.05, 4.69) is 10.6 Å². The first-order valence-electron chi connectivity index (χ1n) is 8.76. The predicted molar refractivity (Wildman–Crippen MR) is 103 cm³/mol. The molecule has 0 radical (unpaired) electrons. The molecule has 0 spiro atoms. The molecule has 1 unspecified atom stereocenters. The molecule has 5 heteroatoms. The van der Waals surface area contributed by atoms with E-state index in [1.54, 1.807) is 6.92 Å². The van der Waals surface area contributed by atoms with Crippen LogP contribution in [0.1, 0.15) is 31.9 Å². The lowest BCUT2D eigenvalue weighted by molar-refractivity contribution is -0.127. The zero-order valence-corrected chi connectivity index (χ0v) is 15.7. The molecule has 0 bridgehead atoms. The van der Waals surface area contributed by atoms with Crippen molar-refractivity contribution in [1.82, 2.24) is 5.32 Å². The number of amides is 2. The summed E-state index contributed by atoms with van der Waals surface area (Å²) in [6.07, 6.45) is -0.582. The molecule has 0 heterocycles. The van der Waals surface area contributed by atoms with Crippen LogP contribution in [0.4, 0.5) is 5.69 Å². The van der Waals surface area contributed by atoms with E-state index in [0.717, 1.165) is 16.8 Å². The molecule has 5 nitrogen and oxygen atoms in total. The molecule has 2 amide bonds. The van der Waals surface area contributed by atoms with Crippen molar-refractivity contribution in [2.45, 2.75) is 40.3 Å². The fourth-order valence-corrected chi connectivity index (χ4v) is 2.27. The van der Waals surface area contributed by atoms with E-state index in [0.29, 0.717) is 12.3 Å². The summed E-state index contributed by atoms with van der Waals surface area (Å²) >= 11 is 0. The number of anilines is 1. The van der Waals surface area contributed by atoms with Gasteiger partial charge in [-0.15, -0.1) is 0 Å². The van der Waals surface area contributed by atoms with E-state index < -0.39 is 6.10 Å². The van der Waals surface area contributed by atoms with E-state index in [-0.39, 0.29) is 17.7 Å². The van der Waals surface area contributed by atoms with Crippen molar-refractivity contribution in [3.8, 4) is 5.75 Å². The van der Waals surface area contributed by atoms with E-state index in [1.165, 1.54) is 0 Å². The molecule has 0 aliphatic rings. The van der Waals surface area contributed by atoms with Gasteiger partial charge in [-0.1, -0.05) is 38.1 Å². The van der Waals surface area contributed by atoms with E-state index in [1.807, 2.05) is 69.3 Å². The maximum absolute atomic E-state index is 12.2. The van der Waals surface area contributed by atoms with Crippen molar-refractivity contribution < 1.29 is 14.3 Å². The summed E-state index contributed by atoms with van der Waals surface area (Å²) in [6, 6.07) is 15.0. The normalized spacial score (nSPS) is 11.7. The topological polar surface area (TPSA) is 67.4 Å². The van der Waals surface area contributed by atoms with Crippen molar-refractivity contribution in [3.05, 3.63) is 59.7 Å². The van der Waals surface area contributed by atoms with Crippen LogP contribution in [0.15, 0.2) is 48.5 Å². The summed E-state index contributed by atoms with van der Waals surface area (Å²) in [7, 11) is 0. The van der Waals surface area contributed by atoms with Gasteiger partial charge in [0.05, 0.1) is 0 Å². The highest BCUT2D eigenvalue weighted by atomic mass is 16.5. The van der Waals surface area contributed by atoms with Crippen molar-refractivity contribution in [2.75, 3.05) is 5.32 Å². The molecular formula is C21H26N2O3. The third-order valence-corrected chi connectivity index (χ3v) is 3.88. The Hall–Kier alpha value is -2.82. The van der Waals surface area contributed by atoms with Gasteiger partial charge in [0, 0.05) is 18.2 Å². The first-order valence-corrected chi connectivity index (χ1v) is 8.76. The highest BCUT2D eigenvalue weighted by Gasteiger charge is 2.14. The summed E-state index contributed by atoms with van der Waals surface area (Å²) < 4.78 is 5.67. The minimum Gasteiger partial charge on any atom is -0.481 e. The number of nitrogens with one attached hydrogen (secondary N) is 2. The SMILES string of the molecule is Cc1cccc(OC(C)C(=O)NCc2ccc(NC(=O)C(C)C)cc2)c1. The maximum Gasteiger partial charge on any atom is 0.261 e. The second-order valence-electron chi connectivity index (χ2n) is 6.64. The zero-order valence-electron chi connectivity index (χ0n) is 15.7. The molecule has 1 atom stereocenters. The molecule has 0 aliphatic carbocycles. The largest absolute Gasteiger partial charge is 0.481 e. The lowest BCUT2D eigenvalue weighted by atomic mass is 10.1. The summed E-state index contributed by atoms with van der Waals surface area (Å²) in [5.41, 5.74) is 2.78. The number of ether oxygens (including phenoxy) is 1. The number of rotatable bonds is 7. The number of carbonyl (C=O) groups excluding carboxylic acids is 2. The molecule has 26 heavy (non-hydrogen) atoms. The standard InChI is InChI=1S/C21H26N2O3/c1-14(2)20(24)23-18-10-8-17(9-11-18)13-22-21(25)16(4)26-19-7-5-6-15(3)12-19/h5-12,14,16H,13H2,1-4H3,(H,22,25)(H,23,24). The Balaban J connectivity index is 1.83. The lowest BCUT2D eigenvalue weighted by Crippen LogP contribution is -2.35. The third kappa shape index (κ3) is 5.92. The molecular weight excluding hydrogens is 328 g/mol. The number of hydrogen-bond donors (Lipinski definition) is 2. The van der Waals surface area contributed by atoms with Crippen LogP contribution in [0.2, 0.25) is 0 Å². The molecule has 2 rings (SSSR count). The summed E-state index contributed by atoms with van der Waals surface area (Å²) in [4.78, 5) is 23.9. The van der Waals surface area contributed by atoms with E-state index in [9.17, 15) is 9.59 Å². The van der Waals surface area contributed by atoms with E-state index in [4.69, 9.17) is 4.74 Å². The molecule has 0 saturated carbocycles. The van der Waals surface area contributed by atoms with Crippen LogP contribution < -0.4 is 15.4 Å².